The fourth-order valence-corrected chi connectivity index (χ4v) is 5.05. The lowest BCUT2D eigenvalue weighted by Crippen LogP contribution is -3.15. The molecule has 34 heavy (non-hydrogen) atoms. The Morgan fingerprint density at radius 1 is 1.03 bits per heavy atom. The Bertz CT molecular complexity index is 1280. The molecule has 1 aliphatic heterocycles. The number of Topliss-reactive ketones (excluding diaryl/α,β-unsaturated/α-hetero) is 1. The van der Waals surface area contributed by atoms with Crippen LogP contribution in [0.3, 0.4) is 0 Å². The van der Waals surface area contributed by atoms with Gasteiger partial charge < -0.3 is 14.2 Å². The molecule has 5 rings (SSSR count). The van der Waals surface area contributed by atoms with E-state index in [-0.39, 0.29) is 5.78 Å². The summed E-state index contributed by atoms with van der Waals surface area (Å²) in [5, 5.41) is 0.981. The maximum atomic E-state index is 13.7. The van der Waals surface area contributed by atoms with E-state index in [1.54, 1.807) is 7.11 Å². The highest BCUT2D eigenvalue weighted by Gasteiger charge is 2.29. The van der Waals surface area contributed by atoms with Crippen LogP contribution in [0.15, 0.2) is 72.9 Å². The fraction of sp³-hybridized carbons (Fsp3) is 0.286. The predicted octanol–water partition coefficient (Wildman–Crippen LogP) is 2.41. The molecule has 1 fully saturated rings. The molecule has 0 spiro atoms. The minimum absolute atomic E-state index is 0.206. The van der Waals surface area contributed by atoms with Gasteiger partial charge in [-0.05, 0) is 36.8 Å². The van der Waals surface area contributed by atoms with E-state index in [1.807, 2.05) is 30.5 Å². The molecule has 1 aliphatic rings. The number of benzene rings is 2. The molecule has 0 bridgehead atoms. The number of anilines is 1. The summed E-state index contributed by atoms with van der Waals surface area (Å²) >= 11 is 0. The van der Waals surface area contributed by atoms with Crippen LogP contribution >= 0.6 is 0 Å². The number of carbonyl (C=O) groups is 1. The van der Waals surface area contributed by atoms with Gasteiger partial charge >= 0.3 is 0 Å². The number of piperazine rings is 1. The Balaban J connectivity index is 1.39. The Morgan fingerprint density at radius 3 is 2.50 bits per heavy atom. The highest BCUT2D eigenvalue weighted by atomic mass is 16.5. The summed E-state index contributed by atoms with van der Waals surface area (Å²) in [6.07, 6.45) is 1.96. The number of hydrogen-bond donors (Lipinski definition) is 1. The summed E-state index contributed by atoms with van der Waals surface area (Å²) in [7, 11) is 1.67. The number of ketones is 1. The van der Waals surface area contributed by atoms with Crippen molar-refractivity contribution in [3.63, 3.8) is 0 Å². The summed E-state index contributed by atoms with van der Waals surface area (Å²) in [5.41, 5.74) is 4.15. The van der Waals surface area contributed by atoms with Crippen molar-refractivity contribution in [3.8, 4) is 5.75 Å². The van der Waals surface area contributed by atoms with Crippen molar-refractivity contribution in [2.24, 2.45) is 0 Å². The van der Waals surface area contributed by atoms with Gasteiger partial charge in [-0.1, -0.05) is 36.4 Å². The number of methoxy groups -OCH3 is 1. The third kappa shape index (κ3) is 4.41. The first-order valence-corrected chi connectivity index (χ1v) is 11.9. The standard InChI is InChI=1S/C28H30N4O2/c1-21-28(26(33)20-30-14-16-31(17-15-30)27-10-6-7-13-29-27)24-18-23(34-2)11-12-25(24)32(21)19-22-8-4-3-5-9-22/h3-13,18H,14-17,19-20H2,1-2H3/p+2. The van der Waals surface area contributed by atoms with Gasteiger partial charge in [0, 0.05) is 29.2 Å². The van der Waals surface area contributed by atoms with Gasteiger partial charge in [-0.15, -0.1) is 0 Å². The minimum atomic E-state index is 0.206. The zero-order valence-corrected chi connectivity index (χ0v) is 19.9. The first kappa shape index (κ1) is 22.2. The average molecular weight is 457 g/mol. The van der Waals surface area contributed by atoms with Crippen LogP contribution in [-0.2, 0) is 6.54 Å². The molecule has 2 N–H and O–H groups in total. The first-order chi connectivity index (χ1) is 16.6. The number of ether oxygens (including phenoxy) is 1. The van der Waals surface area contributed by atoms with Crippen molar-refractivity contribution in [2.45, 2.75) is 13.5 Å². The van der Waals surface area contributed by atoms with Crippen LogP contribution in [-0.4, -0.2) is 50.2 Å². The van der Waals surface area contributed by atoms with Gasteiger partial charge in [0.15, 0.2) is 0 Å². The molecule has 0 radical (unpaired) electrons. The number of pyridine rings is 1. The third-order valence-electron chi connectivity index (χ3n) is 6.91. The highest BCUT2D eigenvalue weighted by molar-refractivity contribution is 6.10. The van der Waals surface area contributed by atoms with Gasteiger partial charge in [-0.25, -0.2) is 4.98 Å². The van der Waals surface area contributed by atoms with Gasteiger partial charge in [-0.3, -0.25) is 9.69 Å². The van der Waals surface area contributed by atoms with E-state index >= 15 is 0 Å². The van der Waals surface area contributed by atoms with Crippen molar-refractivity contribution in [1.82, 2.24) is 4.57 Å². The molecule has 2 aromatic heterocycles. The summed E-state index contributed by atoms with van der Waals surface area (Å²) < 4.78 is 7.75. The number of carbonyl (C=O) groups excluding carboxylic acids is 1. The smallest absolute Gasteiger partial charge is 0.274 e. The number of H-pyrrole nitrogens is 1. The molecule has 174 valence electrons. The quantitative estimate of drug-likeness (QED) is 0.435. The van der Waals surface area contributed by atoms with Gasteiger partial charge in [-0.2, -0.15) is 0 Å². The monoisotopic (exact) mass is 456 g/mol. The molecular weight excluding hydrogens is 424 g/mol. The number of nitrogens with one attached hydrogen (secondary N) is 2. The van der Waals surface area contributed by atoms with Crippen molar-refractivity contribution < 1.29 is 19.4 Å². The highest BCUT2D eigenvalue weighted by Crippen LogP contribution is 2.30. The number of quaternary nitrogens is 1. The fourth-order valence-electron chi connectivity index (χ4n) is 5.05. The van der Waals surface area contributed by atoms with Crippen molar-refractivity contribution in [1.29, 1.82) is 0 Å². The molecule has 3 heterocycles. The number of aromatic nitrogens is 2. The molecule has 4 aromatic rings. The number of hydrogen-bond acceptors (Lipinski definition) is 3. The molecule has 6 heteroatoms. The van der Waals surface area contributed by atoms with Crippen LogP contribution in [0.1, 0.15) is 21.6 Å². The molecule has 2 aromatic carbocycles. The largest absolute Gasteiger partial charge is 0.497 e. The molecular formula is C28H32N4O2+2. The summed E-state index contributed by atoms with van der Waals surface area (Å²) in [6.45, 7) is 7.08. The van der Waals surface area contributed by atoms with E-state index in [2.05, 4.69) is 63.8 Å². The lowest BCUT2D eigenvalue weighted by Gasteiger charge is -2.27. The zero-order valence-electron chi connectivity index (χ0n) is 19.9. The van der Waals surface area contributed by atoms with Gasteiger partial charge in [0.1, 0.15) is 38.5 Å². The average Bonchev–Trinajstić information content (AvgIpc) is 3.16. The lowest BCUT2D eigenvalue weighted by molar-refractivity contribution is -0.892. The van der Waals surface area contributed by atoms with Crippen LogP contribution < -0.4 is 19.5 Å². The first-order valence-electron chi connectivity index (χ1n) is 11.9. The second-order valence-corrected chi connectivity index (χ2v) is 9.00. The van der Waals surface area contributed by atoms with Gasteiger partial charge in [0.05, 0.1) is 18.9 Å². The van der Waals surface area contributed by atoms with E-state index in [4.69, 9.17) is 4.74 Å². The number of fused-ring (bicyclic) bond motifs is 1. The SMILES string of the molecule is COc1ccc2c(c1)c(C(=O)C[NH+]1CCN(c3cccc[nH+]3)CC1)c(C)n2Cc1ccccc1. The summed E-state index contributed by atoms with van der Waals surface area (Å²) in [6, 6.07) is 22.6. The zero-order chi connectivity index (χ0) is 23.5. The van der Waals surface area contributed by atoms with Crippen LogP contribution in [0, 0.1) is 6.92 Å². The van der Waals surface area contributed by atoms with Crippen LogP contribution in [0.2, 0.25) is 0 Å². The van der Waals surface area contributed by atoms with E-state index in [0.717, 1.165) is 66.5 Å². The second kappa shape index (κ2) is 9.69. The van der Waals surface area contributed by atoms with Crippen molar-refractivity contribution in [2.75, 3.05) is 44.7 Å². The predicted molar refractivity (Wildman–Crippen MR) is 134 cm³/mol. The van der Waals surface area contributed by atoms with Gasteiger partial charge in [0.2, 0.25) is 5.78 Å². The van der Waals surface area contributed by atoms with Crippen LogP contribution in [0.4, 0.5) is 5.82 Å². The number of nitrogens with zero attached hydrogens (tertiary/aromatic N) is 2. The van der Waals surface area contributed by atoms with E-state index < -0.39 is 0 Å². The Hall–Kier alpha value is -3.64. The second-order valence-electron chi connectivity index (χ2n) is 9.00. The maximum Gasteiger partial charge on any atom is 0.274 e. The molecule has 0 atom stereocenters. The third-order valence-corrected chi connectivity index (χ3v) is 6.91. The van der Waals surface area contributed by atoms with Gasteiger partial charge in [0.25, 0.3) is 5.82 Å². The molecule has 0 unspecified atom stereocenters. The number of rotatable bonds is 7. The van der Waals surface area contributed by atoms with E-state index in [9.17, 15) is 4.79 Å². The molecule has 1 saturated heterocycles. The Kier molecular flexibility index (Phi) is 6.32. The van der Waals surface area contributed by atoms with Crippen LogP contribution in [0.5, 0.6) is 5.75 Å². The van der Waals surface area contributed by atoms with Crippen molar-refractivity contribution in [3.05, 3.63) is 89.7 Å². The Labute approximate surface area is 200 Å². The molecule has 6 nitrogen and oxygen atoms in total. The molecule has 0 amide bonds. The lowest BCUT2D eigenvalue weighted by atomic mass is 10.1. The summed E-state index contributed by atoms with van der Waals surface area (Å²) in [4.78, 5) is 20.7. The van der Waals surface area contributed by atoms with Crippen LogP contribution in [0.25, 0.3) is 10.9 Å². The van der Waals surface area contributed by atoms with Crippen molar-refractivity contribution >= 4 is 22.5 Å². The van der Waals surface area contributed by atoms with E-state index in [1.165, 1.54) is 10.5 Å². The minimum Gasteiger partial charge on any atom is -0.497 e. The normalized spacial score (nSPS) is 14.5. The Morgan fingerprint density at radius 2 is 1.79 bits per heavy atom. The maximum absolute atomic E-state index is 13.7. The molecule has 0 aliphatic carbocycles. The number of aromatic amines is 1. The topological polar surface area (TPSA) is 53.1 Å². The molecule has 0 saturated carbocycles. The summed E-state index contributed by atoms with van der Waals surface area (Å²) in [5.74, 6) is 2.12. The van der Waals surface area contributed by atoms with E-state index in [0.29, 0.717) is 6.54 Å².